The Morgan fingerprint density at radius 2 is 1.65 bits per heavy atom. The molecule has 0 saturated heterocycles. The predicted octanol–water partition coefficient (Wildman–Crippen LogP) is 3.41. The molecule has 0 amide bonds. The van der Waals surface area contributed by atoms with Gasteiger partial charge in [0.15, 0.2) is 0 Å². The minimum atomic E-state index is -3.38. The fourth-order valence-corrected chi connectivity index (χ4v) is 1.75. The van der Waals surface area contributed by atoms with Gasteiger partial charge in [0.25, 0.3) is 0 Å². The second-order valence-electron chi connectivity index (χ2n) is 5.03. The third-order valence-electron chi connectivity index (χ3n) is 2.43. The minimum absolute atomic E-state index is 0.151. The van der Waals surface area contributed by atoms with E-state index in [1.165, 1.54) is 31.8 Å². The highest BCUT2D eigenvalue weighted by molar-refractivity contribution is 6.81. The fourth-order valence-electron chi connectivity index (χ4n) is 1.08. The van der Waals surface area contributed by atoms with Crippen molar-refractivity contribution < 1.29 is 18.3 Å². The van der Waals surface area contributed by atoms with Crippen LogP contribution in [0, 0.1) is 6.92 Å². The van der Waals surface area contributed by atoms with Crippen LogP contribution >= 0.6 is 0 Å². The standard InChI is InChI=1S/C12H16F2O2Si/c1-9-5-7-10(8-6-9)16-11(15)12(13,14)17(2,3)4/h5-8H,1-4H3. The monoisotopic (exact) mass is 258 g/mol. The van der Waals surface area contributed by atoms with Crippen molar-refractivity contribution in [2.45, 2.75) is 32.1 Å². The van der Waals surface area contributed by atoms with Crippen molar-refractivity contribution in [1.82, 2.24) is 0 Å². The van der Waals surface area contributed by atoms with Gasteiger partial charge >= 0.3 is 11.5 Å². The molecule has 0 heterocycles. The van der Waals surface area contributed by atoms with Crippen LogP contribution in [0.25, 0.3) is 0 Å². The Kier molecular flexibility index (Phi) is 3.71. The molecule has 0 fully saturated rings. The molecule has 0 atom stereocenters. The number of benzene rings is 1. The molecule has 5 heteroatoms. The average Bonchev–Trinajstić information content (AvgIpc) is 2.19. The van der Waals surface area contributed by atoms with E-state index in [4.69, 9.17) is 4.74 Å². The highest BCUT2D eigenvalue weighted by Crippen LogP contribution is 2.29. The van der Waals surface area contributed by atoms with Gasteiger partial charge in [-0.05, 0) is 19.1 Å². The molecule has 0 aromatic heterocycles. The topological polar surface area (TPSA) is 26.3 Å². The smallest absolute Gasteiger partial charge is 0.377 e. The highest BCUT2D eigenvalue weighted by atomic mass is 28.3. The van der Waals surface area contributed by atoms with Crippen LogP contribution in [0.15, 0.2) is 24.3 Å². The van der Waals surface area contributed by atoms with Crippen LogP contribution in [0.4, 0.5) is 8.78 Å². The van der Waals surface area contributed by atoms with Gasteiger partial charge in [0.05, 0.1) is 0 Å². The zero-order valence-corrected chi connectivity index (χ0v) is 11.4. The number of ether oxygens (including phenoxy) is 1. The van der Waals surface area contributed by atoms with Crippen LogP contribution in [0.2, 0.25) is 19.6 Å². The van der Waals surface area contributed by atoms with E-state index in [2.05, 4.69) is 0 Å². The highest BCUT2D eigenvalue weighted by Gasteiger charge is 2.53. The first-order chi connectivity index (χ1) is 7.64. The molecule has 1 aromatic rings. The molecule has 0 bridgehead atoms. The third kappa shape index (κ3) is 3.12. The van der Waals surface area contributed by atoms with Crippen LogP contribution in [-0.4, -0.2) is 19.6 Å². The van der Waals surface area contributed by atoms with Gasteiger partial charge < -0.3 is 4.74 Å². The zero-order valence-electron chi connectivity index (χ0n) is 10.4. The number of alkyl halides is 2. The largest absolute Gasteiger partial charge is 0.422 e. The summed E-state index contributed by atoms with van der Waals surface area (Å²) in [4.78, 5) is 11.4. The predicted molar refractivity (Wildman–Crippen MR) is 65.1 cm³/mol. The van der Waals surface area contributed by atoms with Crippen molar-refractivity contribution in [3.05, 3.63) is 29.8 Å². The molecule has 17 heavy (non-hydrogen) atoms. The Balaban J connectivity index is 2.83. The van der Waals surface area contributed by atoms with Gasteiger partial charge in [-0.3, -0.25) is 0 Å². The summed E-state index contributed by atoms with van der Waals surface area (Å²) in [5.41, 5.74) is -2.40. The molecule has 0 unspecified atom stereocenters. The lowest BCUT2D eigenvalue weighted by atomic mass is 10.2. The number of esters is 1. The van der Waals surface area contributed by atoms with E-state index in [0.29, 0.717) is 0 Å². The Hall–Kier alpha value is -1.23. The number of aryl methyl sites for hydroxylation is 1. The van der Waals surface area contributed by atoms with Crippen molar-refractivity contribution in [3.8, 4) is 5.75 Å². The Morgan fingerprint density at radius 3 is 2.06 bits per heavy atom. The summed E-state index contributed by atoms with van der Waals surface area (Å²) >= 11 is 0. The van der Waals surface area contributed by atoms with Crippen LogP contribution in [0.3, 0.4) is 0 Å². The van der Waals surface area contributed by atoms with Gasteiger partial charge in [-0.15, -0.1) is 0 Å². The van der Waals surface area contributed by atoms with Gasteiger partial charge in [0, 0.05) is 0 Å². The average molecular weight is 258 g/mol. The Labute approximate surface area is 101 Å². The van der Waals surface area contributed by atoms with Gasteiger partial charge in [-0.2, -0.15) is 8.78 Å². The molecule has 0 radical (unpaired) electrons. The molecule has 0 aliphatic rings. The van der Waals surface area contributed by atoms with Crippen LogP contribution in [0.1, 0.15) is 5.56 Å². The molecule has 0 spiro atoms. The first-order valence-corrected chi connectivity index (χ1v) is 8.81. The lowest BCUT2D eigenvalue weighted by Crippen LogP contribution is -2.52. The number of hydrogen-bond acceptors (Lipinski definition) is 2. The number of halogens is 2. The van der Waals surface area contributed by atoms with Crippen molar-refractivity contribution in [1.29, 1.82) is 0 Å². The van der Waals surface area contributed by atoms with E-state index in [9.17, 15) is 13.6 Å². The quantitative estimate of drug-likeness (QED) is 0.472. The van der Waals surface area contributed by atoms with E-state index in [1.807, 2.05) is 6.92 Å². The van der Waals surface area contributed by atoms with E-state index in [1.54, 1.807) is 12.1 Å². The molecule has 1 aromatic carbocycles. The SMILES string of the molecule is Cc1ccc(OC(=O)C(F)(F)[Si](C)(C)C)cc1. The van der Waals surface area contributed by atoms with Gasteiger partial charge in [-0.25, -0.2) is 4.79 Å². The van der Waals surface area contributed by atoms with Crippen LogP contribution < -0.4 is 4.74 Å². The summed E-state index contributed by atoms with van der Waals surface area (Å²) in [6.07, 6.45) is 0. The molecule has 0 saturated carbocycles. The van der Waals surface area contributed by atoms with Gasteiger partial charge in [0.2, 0.25) is 0 Å². The molecule has 0 N–H and O–H groups in total. The lowest BCUT2D eigenvalue weighted by molar-refractivity contribution is -0.152. The molecule has 1 rings (SSSR count). The van der Waals surface area contributed by atoms with Crippen molar-refractivity contribution >= 4 is 14.0 Å². The summed E-state index contributed by atoms with van der Waals surface area (Å²) in [5.74, 6) is -1.31. The normalized spacial score (nSPS) is 12.4. The molecular weight excluding hydrogens is 242 g/mol. The maximum Gasteiger partial charge on any atom is 0.377 e. The summed E-state index contributed by atoms with van der Waals surface area (Å²) in [7, 11) is -2.92. The minimum Gasteiger partial charge on any atom is -0.422 e. The van der Waals surface area contributed by atoms with Crippen LogP contribution in [0.5, 0.6) is 5.75 Å². The summed E-state index contributed by atoms with van der Waals surface area (Å²) < 4.78 is 32.1. The summed E-state index contributed by atoms with van der Waals surface area (Å²) in [6.45, 7) is 6.17. The number of carbonyl (C=O) groups excluding carboxylic acids is 1. The molecule has 0 aliphatic carbocycles. The Bertz CT molecular complexity index is 408. The Morgan fingerprint density at radius 1 is 1.18 bits per heavy atom. The molecule has 2 nitrogen and oxygen atoms in total. The number of hydrogen-bond donors (Lipinski definition) is 0. The zero-order chi connectivity index (χ0) is 13.3. The van der Waals surface area contributed by atoms with E-state index in [0.717, 1.165) is 5.56 Å². The first-order valence-electron chi connectivity index (χ1n) is 5.31. The molecular formula is C12H16F2O2Si. The maximum absolute atomic E-state index is 13.7. The first kappa shape index (κ1) is 13.8. The second kappa shape index (κ2) is 4.56. The van der Waals surface area contributed by atoms with E-state index >= 15 is 0 Å². The van der Waals surface area contributed by atoms with Gasteiger partial charge in [-0.1, -0.05) is 37.3 Å². The summed E-state index contributed by atoms with van der Waals surface area (Å²) in [6, 6.07) is 6.42. The fraction of sp³-hybridized carbons (Fsp3) is 0.417. The number of rotatable bonds is 3. The lowest BCUT2D eigenvalue weighted by Gasteiger charge is -2.26. The van der Waals surface area contributed by atoms with Crippen molar-refractivity contribution in [3.63, 3.8) is 0 Å². The van der Waals surface area contributed by atoms with E-state index < -0.39 is 19.6 Å². The maximum atomic E-state index is 13.7. The summed E-state index contributed by atoms with van der Waals surface area (Å²) in [5, 5.41) is 0. The molecule has 0 aliphatic heterocycles. The van der Waals surface area contributed by atoms with Crippen molar-refractivity contribution in [2.75, 3.05) is 0 Å². The van der Waals surface area contributed by atoms with Crippen LogP contribution in [-0.2, 0) is 4.79 Å². The third-order valence-corrected chi connectivity index (χ3v) is 4.52. The second-order valence-corrected chi connectivity index (χ2v) is 10.2. The van der Waals surface area contributed by atoms with E-state index in [-0.39, 0.29) is 5.75 Å². The van der Waals surface area contributed by atoms with Crippen molar-refractivity contribution in [2.24, 2.45) is 0 Å². The molecule has 94 valence electrons. The number of carbonyl (C=O) groups is 1. The van der Waals surface area contributed by atoms with Gasteiger partial charge in [0.1, 0.15) is 13.8 Å².